The minimum Gasteiger partial charge on any atom is -0.397 e. The Kier molecular flexibility index (Phi) is 3.59. The van der Waals surface area contributed by atoms with Crippen molar-refractivity contribution in [2.75, 3.05) is 11.6 Å². The molecular formula is C8H6BrCl2NO. The monoisotopic (exact) mass is 281 g/mol. The van der Waals surface area contributed by atoms with Crippen molar-refractivity contribution < 1.29 is 4.79 Å². The van der Waals surface area contributed by atoms with Crippen molar-refractivity contribution in [3.8, 4) is 0 Å². The van der Waals surface area contributed by atoms with Gasteiger partial charge in [-0.1, -0.05) is 11.6 Å². The molecule has 0 spiro atoms. The molecule has 5 heteroatoms. The van der Waals surface area contributed by atoms with E-state index in [9.17, 15) is 4.79 Å². The van der Waals surface area contributed by atoms with Crippen molar-refractivity contribution >= 4 is 50.6 Å². The van der Waals surface area contributed by atoms with Crippen molar-refractivity contribution in [3.05, 3.63) is 27.2 Å². The smallest absolute Gasteiger partial charge is 0.178 e. The van der Waals surface area contributed by atoms with Gasteiger partial charge in [0, 0.05) is 5.56 Å². The van der Waals surface area contributed by atoms with E-state index in [-0.39, 0.29) is 11.7 Å². The van der Waals surface area contributed by atoms with Crippen LogP contribution in [0.5, 0.6) is 0 Å². The molecule has 0 unspecified atom stereocenters. The quantitative estimate of drug-likeness (QED) is 0.515. The van der Waals surface area contributed by atoms with E-state index in [2.05, 4.69) is 15.9 Å². The average molecular weight is 283 g/mol. The summed E-state index contributed by atoms with van der Waals surface area (Å²) in [7, 11) is 0. The third kappa shape index (κ3) is 2.16. The molecule has 0 radical (unpaired) electrons. The van der Waals surface area contributed by atoms with Crippen LogP contribution in [-0.4, -0.2) is 11.7 Å². The van der Waals surface area contributed by atoms with E-state index in [0.717, 1.165) is 0 Å². The van der Waals surface area contributed by atoms with Gasteiger partial charge in [0.05, 0.1) is 21.1 Å². The number of alkyl halides is 1. The molecular weight excluding hydrogens is 277 g/mol. The molecule has 13 heavy (non-hydrogen) atoms. The van der Waals surface area contributed by atoms with E-state index < -0.39 is 0 Å². The van der Waals surface area contributed by atoms with Gasteiger partial charge >= 0.3 is 0 Å². The van der Waals surface area contributed by atoms with E-state index >= 15 is 0 Å². The molecule has 1 rings (SSSR count). The Labute approximate surface area is 94.1 Å². The number of hydrogen-bond donors (Lipinski definition) is 1. The van der Waals surface area contributed by atoms with Gasteiger partial charge in [0.15, 0.2) is 5.78 Å². The van der Waals surface area contributed by atoms with Crippen LogP contribution in [0.25, 0.3) is 0 Å². The first-order valence-electron chi connectivity index (χ1n) is 3.40. The van der Waals surface area contributed by atoms with E-state index in [4.69, 9.17) is 28.9 Å². The Bertz CT molecular complexity index is 354. The lowest BCUT2D eigenvalue weighted by atomic mass is 10.1. The summed E-state index contributed by atoms with van der Waals surface area (Å²) < 4.78 is 0.505. The molecule has 0 saturated heterocycles. The molecule has 70 valence electrons. The third-order valence-corrected chi connectivity index (χ3v) is 2.98. The molecule has 0 aliphatic carbocycles. The second-order valence-electron chi connectivity index (χ2n) is 2.38. The molecule has 2 N–H and O–H groups in total. The highest BCUT2D eigenvalue weighted by atomic mass is 79.9. The lowest BCUT2D eigenvalue weighted by Crippen LogP contribution is -2.03. The van der Waals surface area contributed by atoms with Gasteiger partial charge in [-0.25, -0.2) is 0 Å². The lowest BCUT2D eigenvalue weighted by molar-refractivity contribution is 0.102. The van der Waals surface area contributed by atoms with Gasteiger partial charge in [-0.3, -0.25) is 4.79 Å². The Morgan fingerprint density at radius 2 is 2.15 bits per heavy atom. The fourth-order valence-corrected chi connectivity index (χ4v) is 1.84. The zero-order valence-electron chi connectivity index (χ0n) is 6.48. The van der Waals surface area contributed by atoms with Gasteiger partial charge in [-0.05, 0) is 28.1 Å². The maximum atomic E-state index is 11.2. The maximum Gasteiger partial charge on any atom is 0.178 e. The molecule has 0 aromatic heterocycles. The van der Waals surface area contributed by atoms with Gasteiger partial charge in [-0.15, -0.1) is 11.6 Å². The number of halogens is 3. The van der Waals surface area contributed by atoms with Crippen LogP contribution in [-0.2, 0) is 0 Å². The van der Waals surface area contributed by atoms with Gasteiger partial charge < -0.3 is 5.73 Å². The van der Waals surface area contributed by atoms with Crippen LogP contribution < -0.4 is 5.73 Å². The summed E-state index contributed by atoms with van der Waals surface area (Å²) in [6.07, 6.45) is 0. The Morgan fingerprint density at radius 1 is 1.54 bits per heavy atom. The number of Topliss-reactive ketones (excluding diaryl/α,β-unsaturated/α-hetero) is 1. The molecule has 1 aromatic carbocycles. The van der Waals surface area contributed by atoms with E-state index in [1.807, 2.05) is 0 Å². The molecule has 0 aliphatic heterocycles. The number of hydrogen-bond acceptors (Lipinski definition) is 2. The Morgan fingerprint density at radius 3 is 2.69 bits per heavy atom. The number of anilines is 1. The Hall–Kier alpha value is -0.250. The zero-order chi connectivity index (χ0) is 10.0. The summed E-state index contributed by atoms with van der Waals surface area (Å²) in [6.45, 7) is 0. The molecule has 2 nitrogen and oxygen atoms in total. The first-order chi connectivity index (χ1) is 6.07. The van der Waals surface area contributed by atoms with Crippen LogP contribution in [0.2, 0.25) is 5.02 Å². The molecule has 0 aliphatic rings. The summed E-state index contributed by atoms with van der Waals surface area (Å²) in [5.41, 5.74) is 6.42. The fraction of sp³-hybridized carbons (Fsp3) is 0.125. The topological polar surface area (TPSA) is 43.1 Å². The standard InChI is InChI=1S/C8H6BrCl2NO/c9-7-4(6(13)3-10)1-2-5(11)8(7)12/h1-2H,3,12H2. The summed E-state index contributed by atoms with van der Waals surface area (Å²) >= 11 is 14.3. The molecule has 0 amide bonds. The van der Waals surface area contributed by atoms with Gasteiger partial charge in [0.1, 0.15) is 0 Å². The number of nitrogen functional groups attached to an aromatic ring is 1. The van der Waals surface area contributed by atoms with E-state index in [1.54, 1.807) is 12.1 Å². The molecule has 0 bridgehead atoms. The largest absolute Gasteiger partial charge is 0.397 e. The molecule has 1 aromatic rings. The second kappa shape index (κ2) is 4.31. The molecule has 0 heterocycles. The van der Waals surface area contributed by atoms with Gasteiger partial charge in [0.25, 0.3) is 0 Å². The fourth-order valence-electron chi connectivity index (χ4n) is 0.857. The van der Waals surface area contributed by atoms with Crippen LogP contribution in [0.15, 0.2) is 16.6 Å². The summed E-state index contributed by atoms with van der Waals surface area (Å²) in [6, 6.07) is 3.16. The van der Waals surface area contributed by atoms with Crippen LogP contribution >= 0.6 is 39.1 Å². The predicted molar refractivity (Wildman–Crippen MR) is 58.6 cm³/mol. The highest BCUT2D eigenvalue weighted by Gasteiger charge is 2.12. The summed E-state index contributed by atoms with van der Waals surface area (Å²) in [5.74, 6) is -0.253. The van der Waals surface area contributed by atoms with E-state index in [1.165, 1.54) is 0 Å². The summed E-state index contributed by atoms with van der Waals surface area (Å²) in [5, 5.41) is 0.415. The maximum absolute atomic E-state index is 11.2. The number of carbonyl (C=O) groups is 1. The first-order valence-corrected chi connectivity index (χ1v) is 5.11. The minimum absolute atomic E-state index is 0.0698. The van der Waals surface area contributed by atoms with E-state index in [0.29, 0.717) is 20.7 Å². The van der Waals surface area contributed by atoms with Crippen molar-refractivity contribution in [1.29, 1.82) is 0 Å². The van der Waals surface area contributed by atoms with Crippen LogP contribution in [0.4, 0.5) is 5.69 Å². The van der Waals surface area contributed by atoms with Crippen LogP contribution in [0, 0.1) is 0 Å². The highest BCUT2D eigenvalue weighted by molar-refractivity contribution is 9.10. The van der Waals surface area contributed by atoms with Crippen molar-refractivity contribution in [2.24, 2.45) is 0 Å². The number of rotatable bonds is 2. The summed E-state index contributed by atoms with van der Waals surface area (Å²) in [4.78, 5) is 11.2. The third-order valence-electron chi connectivity index (χ3n) is 1.55. The van der Waals surface area contributed by atoms with Gasteiger partial charge in [0.2, 0.25) is 0 Å². The number of ketones is 1. The Balaban J connectivity index is 3.26. The van der Waals surface area contributed by atoms with Crippen molar-refractivity contribution in [2.45, 2.75) is 0 Å². The highest BCUT2D eigenvalue weighted by Crippen LogP contribution is 2.31. The SMILES string of the molecule is Nc1c(Cl)ccc(C(=O)CCl)c1Br. The van der Waals surface area contributed by atoms with Crippen LogP contribution in [0.1, 0.15) is 10.4 Å². The van der Waals surface area contributed by atoms with Crippen molar-refractivity contribution in [1.82, 2.24) is 0 Å². The first kappa shape index (κ1) is 10.8. The molecule has 0 atom stereocenters. The zero-order valence-corrected chi connectivity index (χ0v) is 9.58. The second-order valence-corrected chi connectivity index (χ2v) is 3.85. The number of benzene rings is 1. The van der Waals surface area contributed by atoms with Gasteiger partial charge in [-0.2, -0.15) is 0 Å². The number of nitrogens with two attached hydrogens (primary N) is 1. The predicted octanol–water partition coefficient (Wildman–Crippen LogP) is 3.11. The number of carbonyl (C=O) groups excluding carboxylic acids is 1. The minimum atomic E-state index is -0.183. The van der Waals surface area contributed by atoms with Crippen molar-refractivity contribution in [3.63, 3.8) is 0 Å². The average Bonchev–Trinajstić information content (AvgIpc) is 2.13. The van der Waals surface area contributed by atoms with Crippen LogP contribution in [0.3, 0.4) is 0 Å². The lowest BCUT2D eigenvalue weighted by Gasteiger charge is -2.05. The molecule has 0 fully saturated rings. The molecule has 0 saturated carbocycles. The normalized spacial score (nSPS) is 10.1.